The third-order valence-electron chi connectivity index (χ3n) is 2.19. The Morgan fingerprint density at radius 1 is 0.737 bits per heavy atom. The molecule has 0 aliphatic carbocycles. The maximum Gasteiger partial charge on any atom is 0.310 e. The van der Waals surface area contributed by atoms with Gasteiger partial charge in [-0.15, -0.1) is 0 Å². The van der Waals surface area contributed by atoms with Crippen molar-refractivity contribution < 1.29 is 34.1 Å². The molecule has 108 valence electrons. The second-order valence-corrected chi connectivity index (χ2v) is 4.04. The van der Waals surface area contributed by atoms with E-state index in [4.69, 9.17) is 14.9 Å². The van der Waals surface area contributed by atoms with Gasteiger partial charge in [0, 0.05) is 26.1 Å². The van der Waals surface area contributed by atoms with Crippen LogP contribution in [0.1, 0.15) is 38.5 Å². The highest BCUT2D eigenvalue weighted by Gasteiger charge is 2.08. The highest BCUT2D eigenvalue weighted by molar-refractivity contribution is 5.95. The summed E-state index contributed by atoms with van der Waals surface area (Å²) in [5.74, 6) is -2.95. The maximum atomic E-state index is 11.0. The summed E-state index contributed by atoms with van der Waals surface area (Å²) in [5, 5.41) is 16.7. The van der Waals surface area contributed by atoms with Gasteiger partial charge in [-0.25, -0.2) is 0 Å². The summed E-state index contributed by atoms with van der Waals surface area (Å²) in [4.78, 5) is 42.4. The van der Waals surface area contributed by atoms with Crippen molar-refractivity contribution >= 4 is 23.5 Å². The Hall–Kier alpha value is -1.76. The lowest BCUT2D eigenvalue weighted by atomic mass is 10.1. The van der Waals surface area contributed by atoms with E-state index in [1.807, 2.05) is 0 Å². The summed E-state index contributed by atoms with van der Waals surface area (Å²) in [5.41, 5.74) is 0. The first-order valence-electron chi connectivity index (χ1n) is 5.96. The Bertz CT molecular complexity index is 303. The predicted octanol–water partition coefficient (Wildman–Crippen LogP) is 0.651. The van der Waals surface area contributed by atoms with Crippen LogP contribution < -0.4 is 0 Å². The van der Waals surface area contributed by atoms with Gasteiger partial charge in [-0.05, 0) is 12.8 Å². The van der Waals surface area contributed by atoms with Crippen molar-refractivity contribution in [2.45, 2.75) is 38.5 Å². The number of ketones is 2. The van der Waals surface area contributed by atoms with Crippen LogP contribution in [0.4, 0.5) is 0 Å². The van der Waals surface area contributed by atoms with Crippen LogP contribution in [-0.4, -0.2) is 46.9 Å². The van der Waals surface area contributed by atoms with Gasteiger partial charge in [0.25, 0.3) is 0 Å². The minimum absolute atomic E-state index is 0.157. The molecule has 0 aromatic heterocycles. The third kappa shape index (κ3) is 12.5. The van der Waals surface area contributed by atoms with Crippen molar-refractivity contribution in [2.75, 3.05) is 13.2 Å². The largest absolute Gasteiger partial charge is 0.481 e. The van der Waals surface area contributed by atoms with E-state index in [2.05, 4.69) is 0 Å². The summed E-state index contributed by atoms with van der Waals surface area (Å²) in [7, 11) is 0. The van der Waals surface area contributed by atoms with Crippen LogP contribution in [-0.2, 0) is 23.9 Å². The predicted molar refractivity (Wildman–Crippen MR) is 63.8 cm³/mol. The van der Waals surface area contributed by atoms with E-state index in [0.717, 1.165) is 0 Å². The van der Waals surface area contributed by atoms with Crippen molar-refractivity contribution in [1.82, 2.24) is 0 Å². The lowest BCUT2D eigenvalue weighted by Gasteiger charge is -2.03. The molecule has 0 heterocycles. The quantitative estimate of drug-likeness (QED) is 0.396. The number of Topliss-reactive ketones (excluding diaryl/α,β-unsaturated/α-hetero) is 2. The summed E-state index contributed by atoms with van der Waals surface area (Å²) in [6.07, 6.45) is 0.256. The van der Waals surface area contributed by atoms with Crippen LogP contribution in [0.5, 0.6) is 0 Å². The molecule has 19 heavy (non-hydrogen) atoms. The Labute approximate surface area is 110 Å². The number of carbonyl (C=O) groups is 4. The molecule has 0 spiro atoms. The van der Waals surface area contributed by atoms with Crippen LogP contribution in [0.15, 0.2) is 0 Å². The van der Waals surface area contributed by atoms with Crippen LogP contribution in [0.25, 0.3) is 0 Å². The highest BCUT2D eigenvalue weighted by atomic mass is 16.5. The Morgan fingerprint density at radius 3 is 1.42 bits per heavy atom. The van der Waals surface area contributed by atoms with Gasteiger partial charge < -0.3 is 14.9 Å². The Balaban J connectivity index is 3.36. The van der Waals surface area contributed by atoms with Gasteiger partial charge in [0.05, 0.1) is 0 Å². The first-order valence-corrected chi connectivity index (χ1v) is 5.96. The number of carboxylic acids is 2. The number of hydrogen-bond donors (Lipinski definition) is 2. The van der Waals surface area contributed by atoms with Crippen LogP contribution in [0.2, 0.25) is 0 Å². The molecule has 0 bridgehead atoms. The zero-order valence-electron chi connectivity index (χ0n) is 10.6. The summed E-state index contributed by atoms with van der Waals surface area (Å²) in [6, 6.07) is 0. The molecule has 7 nitrogen and oxygen atoms in total. The first kappa shape index (κ1) is 17.2. The molecule has 0 aromatic carbocycles. The average Bonchev–Trinajstić information content (AvgIpc) is 2.25. The van der Waals surface area contributed by atoms with Gasteiger partial charge in [-0.1, -0.05) is 0 Å². The summed E-state index contributed by atoms with van der Waals surface area (Å²) >= 11 is 0. The average molecular weight is 274 g/mol. The second kappa shape index (κ2) is 10.2. The summed E-state index contributed by atoms with van der Waals surface area (Å²) in [6.45, 7) is 0.636. The molecule has 0 saturated carbocycles. The smallest absolute Gasteiger partial charge is 0.310 e. The van der Waals surface area contributed by atoms with E-state index in [1.54, 1.807) is 0 Å². The normalized spacial score (nSPS) is 10.1. The van der Waals surface area contributed by atoms with E-state index >= 15 is 0 Å². The SMILES string of the molecule is O=C(O)CC(=O)CCCOCCCC(=O)CC(=O)O. The Kier molecular flexibility index (Phi) is 9.25. The lowest BCUT2D eigenvalue weighted by molar-refractivity contribution is -0.141. The molecule has 7 heteroatoms. The van der Waals surface area contributed by atoms with Crippen LogP contribution in [0.3, 0.4) is 0 Å². The molecule has 2 N–H and O–H groups in total. The fourth-order valence-electron chi connectivity index (χ4n) is 1.36. The molecule has 0 aliphatic rings. The fourth-order valence-corrected chi connectivity index (χ4v) is 1.36. The molecule has 0 aromatic rings. The topological polar surface area (TPSA) is 118 Å². The second-order valence-electron chi connectivity index (χ2n) is 4.04. The monoisotopic (exact) mass is 274 g/mol. The van der Waals surface area contributed by atoms with E-state index in [1.165, 1.54) is 0 Å². The maximum absolute atomic E-state index is 11.0. The zero-order valence-corrected chi connectivity index (χ0v) is 10.6. The van der Waals surface area contributed by atoms with Gasteiger partial charge in [-0.2, -0.15) is 0 Å². The molecule has 0 amide bonds. The van der Waals surface area contributed by atoms with Crippen molar-refractivity contribution in [2.24, 2.45) is 0 Å². The van der Waals surface area contributed by atoms with Crippen molar-refractivity contribution in [1.29, 1.82) is 0 Å². The molecular formula is C12H18O7. The number of carboxylic acid groups (broad SMARTS) is 2. The van der Waals surface area contributed by atoms with E-state index in [9.17, 15) is 19.2 Å². The minimum Gasteiger partial charge on any atom is -0.481 e. The molecule has 0 unspecified atom stereocenters. The van der Waals surface area contributed by atoms with Crippen LogP contribution >= 0.6 is 0 Å². The number of ether oxygens (including phenoxy) is 1. The van der Waals surface area contributed by atoms with Gasteiger partial charge in [-0.3, -0.25) is 19.2 Å². The highest BCUT2D eigenvalue weighted by Crippen LogP contribution is 1.99. The molecule has 0 aliphatic heterocycles. The van der Waals surface area contributed by atoms with Crippen molar-refractivity contribution in [3.8, 4) is 0 Å². The molecule has 0 rings (SSSR count). The fraction of sp³-hybridized carbons (Fsp3) is 0.667. The van der Waals surface area contributed by atoms with Crippen LogP contribution in [0, 0.1) is 0 Å². The molecule has 0 fully saturated rings. The third-order valence-corrected chi connectivity index (χ3v) is 2.19. The summed E-state index contributed by atoms with van der Waals surface area (Å²) < 4.78 is 5.15. The first-order chi connectivity index (χ1) is 8.91. The van der Waals surface area contributed by atoms with Crippen molar-refractivity contribution in [3.05, 3.63) is 0 Å². The van der Waals surface area contributed by atoms with Crippen molar-refractivity contribution in [3.63, 3.8) is 0 Å². The van der Waals surface area contributed by atoms with E-state index < -0.39 is 24.8 Å². The molecule has 0 atom stereocenters. The minimum atomic E-state index is -1.14. The number of rotatable bonds is 12. The van der Waals surface area contributed by atoms with E-state index in [-0.39, 0.29) is 24.4 Å². The van der Waals surface area contributed by atoms with Gasteiger partial charge in [0.15, 0.2) is 0 Å². The Morgan fingerprint density at radius 2 is 1.11 bits per heavy atom. The molecule has 0 radical (unpaired) electrons. The van der Waals surface area contributed by atoms with Gasteiger partial charge in [0.2, 0.25) is 0 Å². The van der Waals surface area contributed by atoms with E-state index in [0.29, 0.717) is 26.1 Å². The standard InChI is InChI=1S/C12H18O7/c13-9(7-11(15)16)3-1-5-19-6-2-4-10(14)8-12(17)18/h1-8H2,(H,15,16)(H,17,18). The lowest BCUT2D eigenvalue weighted by Crippen LogP contribution is -2.09. The van der Waals surface area contributed by atoms with Gasteiger partial charge in [0.1, 0.15) is 24.4 Å². The van der Waals surface area contributed by atoms with Gasteiger partial charge >= 0.3 is 11.9 Å². The molecule has 0 saturated heterocycles. The number of carbonyl (C=O) groups excluding carboxylic acids is 2. The number of aliphatic carboxylic acids is 2. The number of hydrogen-bond acceptors (Lipinski definition) is 5. The zero-order chi connectivity index (χ0) is 14.7. The molecular weight excluding hydrogens is 256 g/mol.